The molecule has 0 aliphatic rings. The summed E-state index contributed by atoms with van der Waals surface area (Å²) in [6.45, 7) is 0.108. The van der Waals surface area contributed by atoms with E-state index in [1.54, 1.807) is 28.9 Å². The number of fused-ring (bicyclic) bond motifs is 2. The molecule has 4 heterocycles. The molecule has 0 fully saturated rings. The minimum atomic E-state index is -1.33. The second-order valence-corrected chi connectivity index (χ2v) is 7.39. The quantitative estimate of drug-likeness (QED) is 0.328. The van der Waals surface area contributed by atoms with Crippen LogP contribution in [0, 0.1) is 17.5 Å². The molecule has 0 unspecified atom stereocenters. The van der Waals surface area contributed by atoms with Gasteiger partial charge in [-0.05, 0) is 18.2 Å². The molecular formula is C23H13F3N4O3. The summed E-state index contributed by atoms with van der Waals surface area (Å²) >= 11 is 0. The second-order valence-electron chi connectivity index (χ2n) is 7.39. The number of carbonyl (C=O) groups is 2. The van der Waals surface area contributed by atoms with Gasteiger partial charge in [-0.15, -0.1) is 0 Å². The van der Waals surface area contributed by atoms with Crippen molar-refractivity contribution < 1.29 is 22.8 Å². The van der Waals surface area contributed by atoms with E-state index in [4.69, 9.17) is 0 Å². The topological polar surface area (TPSA) is 89.2 Å². The number of benzene rings is 1. The molecule has 1 aromatic carbocycles. The molecule has 10 heteroatoms. The van der Waals surface area contributed by atoms with Gasteiger partial charge in [-0.2, -0.15) is 0 Å². The molecule has 1 N–H and O–H groups in total. The normalized spacial score (nSPS) is 11.4. The summed E-state index contributed by atoms with van der Waals surface area (Å²) in [5, 5.41) is 0.176. The minimum Gasteiger partial charge on any atom is -0.356 e. The van der Waals surface area contributed by atoms with Gasteiger partial charge in [0.1, 0.15) is 34.9 Å². The third kappa shape index (κ3) is 3.41. The first kappa shape index (κ1) is 20.4. The summed E-state index contributed by atoms with van der Waals surface area (Å²) in [6, 6.07) is 5.56. The van der Waals surface area contributed by atoms with Gasteiger partial charge in [0.05, 0.1) is 17.8 Å². The maximum absolute atomic E-state index is 14.1. The minimum absolute atomic E-state index is 0.0655. The van der Waals surface area contributed by atoms with Crippen molar-refractivity contribution in [2.24, 2.45) is 0 Å². The van der Waals surface area contributed by atoms with Crippen molar-refractivity contribution in [2.45, 2.75) is 6.54 Å². The first-order chi connectivity index (χ1) is 15.9. The third-order valence-corrected chi connectivity index (χ3v) is 5.30. The van der Waals surface area contributed by atoms with E-state index in [2.05, 4.69) is 9.97 Å². The zero-order valence-electron chi connectivity index (χ0n) is 16.7. The Hall–Kier alpha value is -4.47. The Bertz CT molecular complexity index is 1630. The zero-order valence-corrected chi connectivity index (χ0v) is 16.7. The smallest absolute Gasteiger partial charge is 0.275 e. The van der Waals surface area contributed by atoms with Crippen molar-refractivity contribution in [3.05, 3.63) is 105 Å². The Morgan fingerprint density at radius 2 is 1.85 bits per heavy atom. The van der Waals surface area contributed by atoms with E-state index in [1.165, 1.54) is 23.0 Å². The highest BCUT2D eigenvalue weighted by atomic mass is 19.1. The number of nitrogens with zero attached hydrogens (tertiary/aromatic N) is 3. The number of hydrogen-bond donors (Lipinski definition) is 1. The number of ketones is 1. The van der Waals surface area contributed by atoms with Gasteiger partial charge < -0.3 is 14.0 Å². The molecule has 7 nitrogen and oxygen atoms in total. The molecule has 0 atom stereocenters. The molecule has 0 saturated heterocycles. The molecule has 0 amide bonds. The van der Waals surface area contributed by atoms with E-state index >= 15 is 0 Å². The lowest BCUT2D eigenvalue weighted by Gasteiger charge is -2.05. The maximum atomic E-state index is 14.1. The summed E-state index contributed by atoms with van der Waals surface area (Å²) in [6.07, 6.45) is 6.73. The number of aromatic nitrogens is 4. The van der Waals surface area contributed by atoms with E-state index < -0.39 is 34.4 Å². The Labute approximate surface area is 182 Å². The van der Waals surface area contributed by atoms with Crippen LogP contribution in [-0.4, -0.2) is 31.0 Å². The molecular weight excluding hydrogens is 437 g/mol. The zero-order chi connectivity index (χ0) is 23.3. The SMILES string of the molecule is O=Cc1ccn2cc(Cn3ccc4c(C(=O)c5c(F)cc(F)cc5F)c[nH]c4c3=O)nc2c1. The summed E-state index contributed by atoms with van der Waals surface area (Å²) in [4.78, 5) is 43.7. The Balaban J connectivity index is 1.52. The maximum Gasteiger partial charge on any atom is 0.275 e. The van der Waals surface area contributed by atoms with Gasteiger partial charge >= 0.3 is 0 Å². The van der Waals surface area contributed by atoms with Crippen molar-refractivity contribution in [1.29, 1.82) is 0 Å². The van der Waals surface area contributed by atoms with Gasteiger partial charge in [0, 0.05) is 53.4 Å². The van der Waals surface area contributed by atoms with Crippen molar-refractivity contribution >= 4 is 28.6 Å². The lowest BCUT2D eigenvalue weighted by Crippen LogP contribution is -2.20. The average molecular weight is 450 g/mol. The molecule has 164 valence electrons. The number of pyridine rings is 2. The summed E-state index contributed by atoms with van der Waals surface area (Å²) in [5.41, 5.74) is 0.134. The van der Waals surface area contributed by atoms with Gasteiger partial charge in [0.2, 0.25) is 5.78 Å². The van der Waals surface area contributed by atoms with Gasteiger partial charge in [-0.1, -0.05) is 0 Å². The van der Waals surface area contributed by atoms with Crippen molar-refractivity contribution in [1.82, 2.24) is 18.9 Å². The molecule has 5 aromatic rings. The van der Waals surface area contributed by atoms with Crippen LogP contribution in [0.1, 0.15) is 32.0 Å². The summed E-state index contributed by atoms with van der Waals surface area (Å²) in [7, 11) is 0. The van der Waals surface area contributed by atoms with E-state index in [0.717, 1.165) is 0 Å². The number of rotatable bonds is 5. The second kappa shape index (κ2) is 7.59. The molecule has 0 aliphatic carbocycles. The van der Waals surface area contributed by atoms with Crippen molar-refractivity contribution in [2.75, 3.05) is 0 Å². The number of aldehydes is 1. The van der Waals surface area contributed by atoms with Crippen LogP contribution in [-0.2, 0) is 6.54 Å². The van der Waals surface area contributed by atoms with E-state index in [9.17, 15) is 27.6 Å². The first-order valence-corrected chi connectivity index (χ1v) is 9.68. The van der Waals surface area contributed by atoms with E-state index in [-0.39, 0.29) is 23.0 Å². The fourth-order valence-electron chi connectivity index (χ4n) is 3.74. The largest absolute Gasteiger partial charge is 0.356 e. The van der Waals surface area contributed by atoms with Crippen LogP contribution in [0.3, 0.4) is 0 Å². The number of imidazole rings is 1. The Kier molecular flexibility index (Phi) is 4.70. The van der Waals surface area contributed by atoms with Gasteiger partial charge in [-0.3, -0.25) is 14.4 Å². The monoisotopic (exact) mass is 450 g/mol. The fourth-order valence-corrected chi connectivity index (χ4v) is 3.74. The molecule has 0 aliphatic heterocycles. The molecule has 0 bridgehead atoms. The number of carbonyl (C=O) groups excluding carboxylic acids is 2. The highest BCUT2D eigenvalue weighted by molar-refractivity contribution is 6.16. The average Bonchev–Trinajstić information content (AvgIpc) is 3.38. The fraction of sp³-hybridized carbons (Fsp3) is 0.0435. The van der Waals surface area contributed by atoms with Crippen LogP contribution < -0.4 is 5.56 Å². The number of nitrogens with one attached hydrogen (secondary N) is 1. The van der Waals surface area contributed by atoms with Crippen LogP contribution in [0.2, 0.25) is 0 Å². The highest BCUT2D eigenvalue weighted by Gasteiger charge is 2.24. The lowest BCUT2D eigenvalue weighted by molar-refractivity contribution is 0.103. The van der Waals surface area contributed by atoms with Crippen LogP contribution in [0.4, 0.5) is 13.2 Å². The van der Waals surface area contributed by atoms with Gasteiger partial charge in [-0.25, -0.2) is 18.2 Å². The van der Waals surface area contributed by atoms with Crippen LogP contribution in [0.5, 0.6) is 0 Å². The lowest BCUT2D eigenvalue weighted by atomic mass is 10.0. The van der Waals surface area contributed by atoms with Crippen LogP contribution >= 0.6 is 0 Å². The number of halogens is 3. The molecule has 0 spiro atoms. The van der Waals surface area contributed by atoms with Crippen LogP contribution in [0.15, 0.2) is 59.9 Å². The first-order valence-electron chi connectivity index (χ1n) is 9.68. The number of aromatic amines is 1. The van der Waals surface area contributed by atoms with E-state index in [1.807, 2.05) is 0 Å². The third-order valence-electron chi connectivity index (χ3n) is 5.30. The van der Waals surface area contributed by atoms with Crippen molar-refractivity contribution in [3.8, 4) is 0 Å². The molecule has 5 rings (SSSR count). The molecule has 33 heavy (non-hydrogen) atoms. The number of hydrogen-bond acceptors (Lipinski definition) is 4. The molecule has 4 aromatic heterocycles. The van der Waals surface area contributed by atoms with Gasteiger partial charge in [0.15, 0.2) is 0 Å². The standard InChI is InChI=1S/C23H13F3N4O3/c24-13-6-17(25)20(18(26)7-13)22(32)16-8-27-21-15(16)2-4-30(23(21)33)10-14-9-29-3-1-12(11-31)5-19(29)28-14/h1-9,11,27H,10H2. The number of H-pyrrole nitrogens is 1. The predicted octanol–water partition coefficient (Wildman–Crippen LogP) is 3.49. The van der Waals surface area contributed by atoms with E-state index in [0.29, 0.717) is 35.3 Å². The molecule has 0 saturated carbocycles. The summed E-state index contributed by atoms with van der Waals surface area (Å²) in [5.74, 6) is -4.81. The Morgan fingerprint density at radius 1 is 1.09 bits per heavy atom. The highest BCUT2D eigenvalue weighted by Crippen LogP contribution is 2.23. The predicted molar refractivity (Wildman–Crippen MR) is 112 cm³/mol. The Morgan fingerprint density at radius 3 is 2.58 bits per heavy atom. The van der Waals surface area contributed by atoms with Crippen molar-refractivity contribution in [3.63, 3.8) is 0 Å². The van der Waals surface area contributed by atoms with Crippen LogP contribution in [0.25, 0.3) is 16.6 Å². The summed E-state index contributed by atoms with van der Waals surface area (Å²) < 4.78 is 44.4. The van der Waals surface area contributed by atoms with Gasteiger partial charge in [0.25, 0.3) is 5.56 Å². The molecule has 0 radical (unpaired) electrons.